The van der Waals surface area contributed by atoms with Gasteiger partial charge in [-0.25, -0.2) is 0 Å². The fraction of sp³-hybridized carbons (Fsp3) is 0.875. The Morgan fingerprint density at radius 2 is 2.00 bits per heavy atom. The van der Waals surface area contributed by atoms with Crippen molar-refractivity contribution in [2.45, 2.75) is 86.7 Å². The van der Waals surface area contributed by atoms with Gasteiger partial charge in [0.25, 0.3) is 0 Å². The van der Waals surface area contributed by atoms with Crippen LogP contribution in [0.25, 0.3) is 0 Å². The zero-order valence-electron chi connectivity index (χ0n) is 12.9. The molecule has 2 atom stereocenters. The second-order valence-electron chi connectivity index (χ2n) is 6.92. The second kappa shape index (κ2) is 5.92. The Hall–Kier alpha value is -0.550. The number of nitrogens with zero attached hydrogens (tertiary/aromatic N) is 3. The van der Waals surface area contributed by atoms with Crippen molar-refractivity contribution in [2.75, 3.05) is 6.54 Å². The van der Waals surface area contributed by atoms with Crippen molar-refractivity contribution < 1.29 is 0 Å². The van der Waals surface area contributed by atoms with E-state index in [1.165, 1.54) is 62.3 Å². The third-order valence-electron chi connectivity index (χ3n) is 4.89. The molecule has 4 rings (SSSR count). The summed E-state index contributed by atoms with van der Waals surface area (Å²) >= 11 is 2.00. The molecule has 3 aliphatic carbocycles. The van der Waals surface area contributed by atoms with Crippen molar-refractivity contribution >= 4 is 11.8 Å². The first kappa shape index (κ1) is 14.1. The van der Waals surface area contributed by atoms with E-state index < -0.39 is 0 Å². The van der Waals surface area contributed by atoms with E-state index in [9.17, 15) is 0 Å². The summed E-state index contributed by atoms with van der Waals surface area (Å²) in [4.78, 5) is 0. The van der Waals surface area contributed by atoms with Gasteiger partial charge in [0.1, 0.15) is 5.82 Å². The van der Waals surface area contributed by atoms with Gasteiger partial charge in [0, 0.05) is 23.3 Å². The molecule has 0 bridgehead atoms. The van der Waals surface area contributed by atoms with Crippen LogP contribution < -0.4 is 5.32 Å². The molecule has 0 aromatic carbocycles. The molecule has 1 aromatic heterocycles. The highest BCUT2D eigenvalue weighted by atomic mass is 32.2. The predicted octanol–water partition coefficient (Wildman–Crippen LogP) is 3.50. The lowest BCUT2D eigenvalue weighted by Crippen LogP contribution is -2.27. The van der Waals surface area contributed by atoms with Gasteiger partial charge < -0.3 is 9.88 Å². The maximum Gasteiger partial charge on any atom is 0.191 e. The molecule has 2 unspecified atom stereocenters. The number of nitrogens with one attached hydrogen (secondary N) is 1. The van der Waals surface area contributed by atoms with Gasteiger partial charge in [-0.3, -0.25) is 0 Å². The molecule has 5 heteroatoms. The number of aromatic nitrogens is 3. The lowest BCUT2D eigenvalue weighted by atomic mass is 10.2. The summed E-state index contributed by atoms with van der Waals surface area (Å²) in [5.74, 6) is 2.01. The first-order valence-electron chi connectivity index (χ1n) is 8.70. The predicted molar refractivity (Wildman–Crippen MR) is 85.8 cm³/mol. The van der Waals surface area contributed by atoms with Crippen molar-refractivity contribution in [3.63, 3.8) is 0 Å². The number of thioether (sulfide) groups is 1. The van der Waals surface area contributed by atoms with Crippen LogP contribution >= 0.6 is 11.8 Å². The molecule has 21 heavy (non-hydrogen) atoms. The van der Waals surface area contributed by atoms with Crippen LogP contribution in [0.5, 0.6) is 0 Å². The molecular formula is C16H26N4S. The maximum absolute atomic E-state index is 4.54. The van der Waals surface area contributed by atoms with Crippen LogP contribution in [0.2, 0.25) is 0 Å². The van der Waals surface area contributed by atoms with E-state index >= 15 is 0 Å². The van der Waals surface area contributed by atoms with Gasteiger partial charge in [0.05, 0.1) is 0 Å². The van der Waals surface area contributed by atoms with E-state index in [1.54, 1.807) is 0 Å². The van der Waals surface area contributed by atoms with Gasteiger partial charge in [-0.05, 0) is 57.9 Å². The highest BCUT2D eigenvalue weighted by Crippen LogP contribution is 2.47. The van der Waals surface area contributed by atoms with E-state index in [0.29, 0.717) is 6.04 Å². The van der Waals surface area contributed by atoms with Gasteiger partial charge >= 0.3 is 0 Å². The molecule has 0 saturated heterocycles. The molecule has 3 saturated carbocycles. The zero-order chi connectivity index (χ0) is 14.2. The fourth-order valence-corrected chi connectivity index (χ4v) is 4.72. The molecule has 3 fully saturated rings. The summed E-state index contributed by atoms with van der Waals surface area (Å²) in [6.07, 6.45) is 10.5. The summed E-state index contributed by atoms with van der Waals surface area (Å²) < 4.78 is 2.50. The molecule has 4 nitrogen and oxygen atoms in total. The average molecular weight is 306 g/mol. The minimum Gasteiger partial charge on any atom is -0.314 e. The van der Waals surface area contributed by atoms with E-state index in [0.717, 1.165) is 23.8 Å². The van der Waals surface area contributed by atoms with Crippen LogP contribution in [0.3, 0.4) is 0 Å². The molecule has 116 valence electrons. The van der Waals surface area contributed by atoms with E-state index in [1.807, 2.05) is 11.8 Å². The Labute approximate surface area is 131 Å². The van der Waals surface area contributed by atoms with E-state index in [-0.39, 0.29) is 0 Å². The largest absolute Gasteiger partial charge is 0.314 e. The number of rotatable bonds is 7. The minimum absolute atomic E-state index is 0.716. The molecule has 1 aromatic rings. The number of hydrogen-bond donors (Lipinski definition) is 1. The maximum atomic E-state index is 4.54. The highest BCUT2D eigenvalue weighted by molar-refractivity contribution is 7.99. The lowest BCUT2D eigenvalue weighted by molar-refractivity contribution is 0.524. The van der Waals surface area contributed by atoms with Crippen LogP contribution in [0.4, 0.5) is 0 Å². The Balaban J connectivity index is 1.41. The molecule has 3 aliphatic rings. The molecule has 0 aliphatic heterocycles. The van der Waals surface area contributed by atoms with Crippen molar-refractivity contribution in [1.29, 1.82) is 0 Å². The highest BCUT2D eigenvalue weighted by Gasteiger charge is 2.37. The average Bonchev–Trinajstić information content (AvgIpc) is 3.42. The molecule has 0 amide bonds. The molecular weight excluding hydrogens is 280 g/mol. The van der Waals surface area contributed by atoms with Crippen molar-refractivity contribution in [3.8, 4) is 0 Å². The quantitative estimate of drug-likeness (QED) is 0.837. The SMILES string of the molecule is CCCNC1CCC(Sc2nnc(C3CC3)n2C2CC2)C1. The smallest absolute Gasteiger partial charge is 0.191 e. The molecule has 0 spiro atoms. The Kier molecular flexibility index (Phi) is 3.96. The van der Waals surface area contributed by atoms with Crippen LogP contribution in [0.1, 0.15) is 76.1 Å². The van der Waals surface area contributed by atoms with Crippen LogP contribution in [-0.2, 0) is 0 Å². The number of hydrogen-bond acceptors (Lipinski definition) is 4. The molecule has 1 heterocycles. The minimum atomic E-state index is 0.716. The summed E-state index contributed by atoms with van der Waals surface area (Å²) in [6, 6.07) is 1.44. The topological polar surface area (TPSA) is 42.7 Å². The van der Waals surface area contributed by atoms with E-state index in [2.05, 4.69) is 27.0 Å². The Morgan fingerprint density at radius 3 is 2.71 bits per heavy atom. The van der Waals surface area contributed by atoms with Crippen molar-refractivity contribution in [2.24, 2.45) is 0 Å². The Morgan fingerprint density at radius 1 is 1.14 bits per heavy atom. The van der Waals surface area contributed by atoms with Gasteiger partial charge in [-0.2, -0.15) is 0 Å². The fourth-order valence-electron chi connectivity index (χ4n) is 3.39. The van der Waals surface area contributed by atoms with Crippen molar-refractivity contribution in [1.82, 2.24) is 20.1 Å². The van der Waals surface area contributed by atoms with Crippen molar-refractivity contribution in [3.05, 3.63) is 5.82 Å². The third-order valence-corrected chi connectivity index (χ3v) is 6.14. The lowest BCUT2D eigenvalue weighted by Gasteiger charge is -2.13. The third kappa shape index (κ3) is 3.14. The van der Waals surface area contributed by atoms with Crippen LogP contribution in [-0.4, -0.2) is 32.6 Å². The monoisotopic (exact) mass is 306 g/mol. The Bertz CT molecular complexity index is 492. The van der Waals surface area contributed by atoms with Gasteiger partial charge in [-0.1, -0.05) is 18.7 Å². The van der Waals surface area contributed by atoms with Gasteiger partial charge in [-0.15, -0.1) is 10.2 Å². The molecule has 0 radical (unpaired) electrons. The summed E-state index contributed by atoms with van der Waals surface area (Å²) in [5, 5.41) is 14.7. The van der Waals surface area contributed by atoms with Gasteiger partial charge in [0.15, 0.2) is 5.16 Å². The second-order valence-corrected chi connectivity index (χ2v) is 8.19. The normalized spacial score (nSPS) is 29.2. The van der Waals surface area contributed by atoms with Crippen LogP contribution in [0, 0.1) is 0 Å². The van der Waals surface area contributed by atoms with Crippen LogP contribution in [0.15, 0.2) is 5.16 Å². The summed E-state index contributed by atoms with van der Waals surface area (Å²) in [6.45, 7) is 3.40. The zero-order valence-corrected chi connectivity index (χ0v) is 13.7. The summed E-state index contributed by atoms with van der Waals surface area (Å²) in [7, 11) is 0. The summed E-state index contributed by atoms with van der Waals surface area (Å²) in [5.41, 5.74) is 0. The first-order valence-corrected chi connectivity index (χ1v) is 9.58. The molecule has 1 N–H and O–H groups in total. The standard InChI is InChI=1S/C16H26N4S/c1-2-9-17-12-5-8-14(10-12)21-16-19-18-15(11-3-4-11)20(16)13-6-7-13/h11-14,17H,2-10H2,1H3. The van der Waals surface area contributed by atoms with E-state index in [4.69, 9.17) is 0 Å². The van der Waals surface area contributed by atoms with Gasteiger partial charge in [0.2, 0.25) is 0 Å². The first-order chi connectivity index (χ1) is 10.3.